The number of benzene rings is 2. The SMILES string of the molecule is COC(=O)c1[nH]c2ccc(OC)c3c2c1/C(=N/Nc1c(C(C)C)cc(C(C)C)cc1C(C)C)CC3. The van der Waals surface area contributed by atoms with Crippen LogP contribution < -0.4 is 10.2 Å². The molecular weight excluding hydrogens is 438 g/mol. The molecule has 3 aromatic rings. The Balaban J connectivity index is 1.89. The maximum absolute atomic E-state index is 12.7. The van der Waals surface area contributed by atoms with E-state index in [2.05, 4.69) is 64.1 Å². The van der Waals surface area contributed by atoms with Gasteiger partial charge in [0.25, 0.3) is 0 Å². The Morgan fingerprint density at radius 1 is 0.971 bits per heavy atom. The third-order valence-corrected chi connectivity index (χ3v) is 6.97. The number of aryl methyl sites for hydroxylation is 1. The number of aromatic nitrogens is 1. The van der Waals surface area contributed by atoms with Crippen molar-refractivity contribution in [3.05, 3.63) is 57.8 Å². The number of carbonyl (C=O) groups excluding carboxylic acids is 1. The molecule has 6 heteroatoms. The van der Waals surface area contributed by atoms with Gasteiger partial charge >= 0.3 is 5.97 Å². The van der Waals surface area contributed by atoms with E-state index in [1.165, 1.54) is 23.8 Å². The minimum atomic E-state index is -0.400. The average Bonchev–Trinajstić information content (AvgIpc) is 3.23. The molecule has 186 valence electrons. The van der Waals surface area contributed by atoms with Crippen LogP contribution in [0.3, 0.4) is 0 Å². The normalized spacial score (nSPS) is 14.4. The lowest BCUT2D eigenvalue weighted by atomic mass is 9.87. The zero-order valence-electron chi connectivity index (χ0n) is 22.1. The Kier molecular flexibility index (Phi) is 6.93. The number of nitrogens with one attached hydrogen (secondary N) is 2. The van der Waals surface area contributed by atoms with Crippen LogP contribution in [-0.4, -0.2) is 30.9 Å². The number of esters is 1. The Morgan fingerprint density at radius 2 is 1.63 bits per heavy atom. The molecule has 0 unspecified atom stereocenters. The van der Waals surface area contributed by atoms with Gasteiger partial charge in [0.15, 0.2) is 0 Å². The molecule has 0 bridgehead atoms. The van der Waals surface area contributed by atoms with Gasteiger partial charge in [0.05, 0.1) is 25.6 Å². The summed E-state index contributed by atoms with van der Waals surface area (Å²) in [5, 5.41) is 5.93. The smallest absolute Gasteiger partial charge is 0.355 e. The van der Waals surface area contributed by atoms with Crippen molar-refractivity contribution < 1.29 is 14.3 Å². The predicted molar refractivity (Wildman–Crippen MR) is 143 cm³/mol. The number of methoxy groups -OCH3 is 2. The molecule has 0 fully saturated rings. The summed E-state index contributed by atoms with van der Waals surface area (Å²) in [6, 6.07) is 8.50. The second-order valence-electron chi connectivity index (χ2n) is 10.2. The lowest BCUT2D eigenvalue weighted by molar-refractivity contribution is 0.0595. The van der Waals surface area contributed by atoms with E-state index in [0.717, 1.165) is 45.6 Å². The molecule has 1 aliphatic rings. The number of aromatic amines is 1. The zero-order chi connectivity index (χ0) is 25.4. The number of hydrogen-bond acceptors (Lipinski definition) is 5. The Hall–Kier alpha value is -3.28. The number of hydrogen-bond donors (Lipinski definition) is 2. The first-order chi connectivity index (χ1) is 16.7. The largest absolute Gasteiger partial charge is 0.496 e. The van der Waals surface area contributed by atoms with E-state index in [1.807, 2.05) is 12.1 Å². The number of rotatable bonds is 7. The number of carbonyl (C=O) groups is 1. The summed E-state index contributed by atoms with van der Waals surface area (Å²) in [6.07, 6.45) is 1.47. The molecule has 2 aromatic carbocycles. The summed E-state index contributed by atoms with van der Waals surface area (Å²) < 4.78 is 10.7. The van der Waals surface area contributed by atoms with E-state index in [9.17, 15) is 4.79 Å². The number of nitrogens with zero attached hydrogens (tertiary/aromatic N) is 1. The molecule has 0 saturated carbocycles. The molecule has 6 nitrogen and oxygen atoms in total. The van der Waals surface area contributed by atoms with Gasteiger partial charge in [-0.1, -0.05) is 53.7 Å². The molecule has 0 spiro atoms. The van der Waals surface area contributed by atoms with Crippen molar-refractivity contribution in [1.29, 1.82) is 0 Å². The van der Waals surface area contributed by atoms with Crippen molar-refractivity contribution in [3.8, 4) is 5.75 Å². The van der Waals surface area contributed by atoms with Gasteiger partial charge in [0, 0.05) is 22.0 Å². The molecular formula is C29H37N3O3. The summed E-state index contributed by atoms with van der Waals surface area (Å²) in [6.45, 7) is 13.3. The van der Waals surface area contributed by atoms with Gasteiger partial charge < -0.3 is 14.5 Å². The molecule has 0 amide bonds. The van der Waals surface area contributed by atoms with Crippen LogP contribution in [0.2, 0.25) is 0 Å². The molecule has 1 aliphatic carbocycles. The highest BCUT2D eigenvalue weighted by Gasteiger charge is 2.29. The number of H-pyrrole nitrogens is 1. The predicted octanol–water partition coefficient (Wildman–Crippen LogP) is 7.10. The molecule has 35 heavy (non-hydrogen) atoms. The number of ether oxygens (including phenoxy) is 2. The van der Waals surface area contributed by atoms with Gasteiger partial charge in [-0.05, 0) is 59.4 Å². The summed E-state index contributed by atoms with van der Waals surface area (Å²) in [5.74, 6) is 1.56. The van der Waals surface area contributed by atoms with Gasteiger partial charge in [-0.3, -0.25) is 5.43 Å². The summed E-state index contributed by atoms with van der Waals surface area (Å²) in [5.41, 5.74) is 12.4. The van der Waals surface area contributed by atoms with Crippen LogP contribution >= 0.6 is 0 Å². The van der Waals surface area contributed by atoms with E-state index >= 15 is 0 Å². The fraction of sp³-hybridized carbons (Fsp3) is 0.448. The lowest BCUT2D eigenvalue weighted by Gasteiger charge is -2.23. The van der Waals surface area contributed by atoms with Crippen LogP contribution in [-0.2, 0) is 11.2 Å². The van der Waals surface area contributed by atoms with Crippen LogP contribution in [0.15, 0.2) is 29.4 Å². The van der Waals surface area contributed by atoms with Gasteiger partial charge in [-0.25, -0.2) is 4.79 Å². The molecule has 0 aliphatic heterocycles. The highest BCUT2D eigenvalue weighted by Crippen LogP contribution is 2.39. The minimum absolute atomic E-state index is 0.342. The lowest BCUT2D eigenvalue weighted by Crippen LogP contribution is -2.17. The Labute approximate surface area is 208 Å². The molecule has 0 atom stereocenters. The molecule has 1 aromatic heterocycles. The van der Waals surface area contributed by atoms with E-state index in [-0.39, 0.29) is 0 Å². The van der Waals surface area contributed by atoms with Crippen molar-refractivity contribution >= 4 is 28.3 Å². The minimum Gasteiger partial charge on any atom is -0.496 e. The first kappa shape index (κ1) is 24.8. The molecule has 4 rings (SSSR count). The average molecular weight is 476 g/mol. The molecule has 0 saturated heterocycles. The first-order valence-electron chi connectivity index (χ1n) is 12.5. The van der Waals surface area contributed by atoms with E-state index in [0.29, 0.717) is 29.9 Å². The Morgan fingerprint density at radius 3 is 2.17 bits per heavy atom. The Bertz CT molecular complexity index is 1270. The monoisotopic (exact) mass is 475 g/mol. The van der Waals surface area contributed by atoms with Crippen LogP contribution in [0.1, 0.15) is 104 Å². The number of anilines is 1. The van der Waals surface area contributed by atoms with Crippen molar-refractivity contribution in [2.24, 2.45) is 5.10 Å². The van der Waals surface area contributed by atoms with Crippen molar-refractivity contribution in [2.75, 3.05) is 19.6 Å². The highest BCUT2D eigenvalue weighted by molar-refractivity contribution is 6.20. The van der Waals surface area contributed by atoms with Gasteiger partial charge in [0.2, 0.25) is 0 Å². The van der Waals surface area contributed by atoms with Crippen molar-refractivity contribution in [1.82, 2.24) is 4.98 Å². The quantitative estimate of drug-likeness (QED) is 0.282. The van der Waals surface area contributed by atoms with E-state index < -0.39 is 5.97 Å². The fourth-order valence-electron chi connectivity index (χ4n) is 5.01. The third kappa shape index (κ3) is 4.42. The highest BCUT2D eigenvalue weighted by atomic mass is 16.5. The topological polar surface area (TPSA) is 75.7 Å². The maximum atomic E-state index is 12.7. The van der Waals surface area contributed by atoms with Crippen LogP contribution in [0, 0.1) is 0 Å². The van der Waals surface area contributed by atoms with Crippen molar-refractivity contribution in [3.63, 3.8) is 0 Å². The molecule has 1 heterocycles. The third-order valence-electron chi connectivity index (χ3n) is 6.97. The second kappa shape index (κ2) is 9.76. The first-order valence-corrected chi connectivity index (χ1v) is 12.5. The van der Waals surface area contributed by atoms with Gasteiger partial charge in [-0.15, -0.1) is 0 Å². The molecule has 2 N–H and O–H groups in total. The summed E-state index contributed by atoms with van der Waals surface area (Å²) in [4.78, 5) is 16.0. The van der Waals surface area contributed by atoms with E-state index in [1.54, 1.807) is 7.11 Å². The molecule has 0 radical (unpaired) electrons. The van der Waals surface area contributed by atoms with Gasteiger partial charge in [-0.2, -0.15) is 5.10 Å². The zero-order valence-corrected chi connectivity index (χ0v) is 22.1. The maximum Gasteiger partial charge on any atom is 0.355 e. The number of hydrazone groups is 1. The van der Waals surface area contributed by atoms with Crippen LogP contribution in [0.5, 0.6) is 5.75 Å². The van der Waals surface area contributed by atoms with Gasteiger partial charge in [0.1, 0.15) is 11.4 Å². The van der Waals surface area contributed by atoms with E-state index in [4.69, 9.17) is 14.6 Å². The standard InChI is InChI=1S/C29H37N3O3/c1-15(2)18-13-20(16(3)4)27(21(14-18)17(5)6)32-31-23-10-9-19-24(34-7)12-11-22-25(19)26(23)28(30-22)29(33)35-8/h11-17,30,32H,9-10H2,1-8H3/b31-23+. The van der Waals surface area contributed by atoms with Crippen molar-refractivity contribution in [2.45, 2.75) is 72.1 Å². The summed E-state index contributed by atoms with van der Waals surface area (Å²) in [7, 11) is 3.08. The second-order valence-corrected chi connectivity index (χ2v) is 10.2. The van der Waals surface area contributed by atoms with Crippen LogP contribution in [0.25, 0.3) is 10.9 Å². The fourth-order valence-corrected chi connectivity index (χ4v) is 5.01. The van der Waals surface area contributed by atoms with Crippen LogP contribution in [0.4, 0.5) is 5.69 Å². The summed E-state index contributed by atoms with van der Waals surface area (Å²) >= 11 is 0.